The third kappa shape index (κ3) is 98.7. The van der Waals surface area contributed by atoms with E-state index >= 15 is 0 Å². The van der Waals surface area contributed by atoms with Crippen LogP contribution in [-0.4, -0.2) is 0 Å². The molecule has 0 unspecified atom stereocenters. The van der Waals surface area contributed by atoms with Crippen LogP contribution in [-0.2, 0) is 229 Å². The van der Waals surface area contributed by atoms with E-state index in [4.69, 9.17) is 0 Å². The number of rotatable bonds is 2. The standard InChI is InChI=1S/C5H10.C3H6.CH3.7Y/c1-3-5-4-2;1-3-2;;;;;;;;/h1-5H2;1-3H2;1H3;;;;;;;/q2*-2;-1;;;;;;;+3. The summed E-state index contributed by atoms with van der Waals surface area (Å²) >= 11 is 0. The van der Waals surface area contributed by atoms with E-state index < -0.39 is 0 Å². The Hall–Kier alpha value is 7.73. The molecule has 16 heavy (non-hydrogen) atoms. The zero-order chi connectivity index (χ0) is 6.83. The maximum atomic E-state index is 3.64. The summed E-state index contributed by atoms with van der Waals surface area (Å²) in [6.45, 7) is 14.0. The van der Waals surface area contributed by atoms with Gasteiger partial charge in [-0.1, -0.05) is 0 Å². The quantitative estimate of drug-likeness (QED) is 0.381. The van der Waals surface area contributed by atoms with Gasteiger partial charge >= 0.3 is 32.7 Å². The van der Waals surface area contributed by atoms with Crippen molar-refractivity contribution in [2.24, 2.45) is 0 Å². The third-order valence-electron chi connectivity index (χ3n) is 0.500. The monoisotopic (exact) mass is 749 g/mol. The topological polar surface area (TPSA) is 0 Å². The van der Waals surface area contributed by atoms with E-state index in [9.17, 15) is 0 Å². The van der Waals surface area contributed by atoms with E-state index in [0.717, 1.165) is 19.3 Å². The van der Waals surface area contributed by atoms with Crippen LogP contribution in [0.5, 0.6) is 0 Å². The predicted molar refractivity (Wildman–Crippen MR) is 46.3 cm³/mol. The molecule has 0 aliphatic heterocycles. The summed E-state index contributed by atoms with van der Waals surface area (Å²) < 4.78 is 0. The normalized spacial score (nSPS) is 3.75. The first kappa shape index (κ1) is 65.0. The Morgan fingerprint density at radius 3 is 0.688 bits per heavy atom. The van der Waals surface area contributed by atoms with Crippen LogP contribution >= 0.6 is 0 Å². The van der Waals surface area contributed by atoms with Crippen molar-refractivity contribution in [3.63, 3.8) is 0 Å². The average molecular weight is 750 g/mol. The molecule has 0 heterocycles. The van der Waals surface area contributed by atoms with Gasteiger partial charge in [-0.3, -0.25) is 0 Å². The van der Waals surface area contributed by atoms with E-state index in [-0.39, 0.29) is 236 Å². The molecule has 0 amide bonds. The fourth-order valence-corrected chi connectivity index (χ4v) is 0.177. The first-order valence-corrected chi connectivity index (χ1v) is 3.00. The van der Waals surface area contributed by atoms with Crippen LogP contribution in [0.2, 0.25) is 0 Å². The molecular formula is C9H19Y7-2. The van der Waals surface area contributed by atoms with Crippen LogP contribution in [0.15, 0.2) is 0 Å². The average Bonchev–Trinajstić information content (AvgIpc) is 1.71. The van der Waals surface area contributed by atoms with Crippen molar-refractivity contribution in [2.75, 3.05) is 0 Å². The van der Waals surface area contributed by atoms with E-state index in [2.05, 4.69) is 27.7 Å². The summed E-state index contributed by atoms with van der Waals surface area (Å²) in [5.41, 5.74) is 0. The zero-order valence-electron chi connectivity index (χ0n) is 10.7. The van der Waals surface area contributed by atoms with Crippen LogP contribution in [0.1, 0.15) is 25.7 Å². The van der Waals surface area contributed by atoms with Crippen molar-refractivity contribution in [2.45, 2.75) is 25.7 Å². The molecule has 0 atom stereocenters. The van der Waals surface area contributed by atoms with Gasteiger partial charge in [0.2, 0.25) is 0 Å². The van der Waals surface area contributed by atoms with Crippen molar-refractivity contribution < 1.29 is 229 Å². The van der Waals surface area contributed by atoms with Crippen LogP contribution < -0.4 is 0 Å². The van der Waals surface area contributed by atoms with Crippen molar-refractivity contribution in [1.29, 1.82) is 0 Å². The Kier molecular flexibility index (Phi) is 317. The van der Waals surface area contributed by atoms with Crippen LogP contribution in [0.4, 0.5) is 0 Å². The smallest absolute Gasteiger partial charge is 0.372 e. The zero-order valence-corrected chi connectivity index (χ0v) is 30.6. The molecule has 6 radical (unpaired) electrons. The molecule has 0 aliphatic carbocycles. The molecule has 0 spiro atoms. The van der Waals surface area contributed by atoms with E-state index in [0.29, 0.717) is 0 Å². The second kappa shape index (κ2) is 78.0. The summed E-state index contributed by atoms with van der Waals surface area (Å²) in [6.07, 6.45) is 3.98. The minimum atomic E-state index is 0. The number of hydrogen-bond acceptors (Lipinski definition) is 0. The van der Waals surface area contributed by atoms with Gasteiger partial charge in [0.15, 0.2) is 0 Å². The van der Waals surface area contributed by atoms with Gasteiger partial charge in [0.1, 0.15) is 0 Å². The molecule has 0 N–H and O–H groups in total. The summed E-state index contributed by atoms with van der Waals surface area (Å²) in [6, 6.07) is 0. The molecule has 0 nitrogen and oxygen atoms in total. The maximum Gasteiger partial charge on any atom is 3.00 e. The molecule has 0 rings (SSSR count). The molecule has 0 aromatic carbocycles. The summed E-state index contributed by atoms with van der Waals surface area (Å²) in [7, 11) is 0. The Morgan fingerprint density at radius 2 is 0.688 bits per heavy atom. The van der Waals surface area contributed by atoms with E-state index in [1.54, 1.807) is 0 Å². The van der Waals surface area contributed by atoms with Gasteiger partial charge in [-0.25, -0.2) is 0 Å². The Bertz CT molecular complexity index is 29.8. The van der Waals surface area contributed by atoms with Gasteiger partial charge in [0.05, 0.1) is 0 Å². The van der Waals surface area contributed by atoms with Crippen LogP contribution in [0.25, 0.3) is 0 Å². The molecule has 0 saturated heterocycles. The third-order valence-corrected chi connectivity index (χ3v) is 0.500. The maximum absolute atomic E-state index is 3.64. The first-order valence-electron chi connectivity index (χ1n) is 3.00. The van der Waals surface area contributed by atoms with Crippen molar-refractivity contribution in [1.82, 2.24) is 0 Å². The fourth-order valence-electron chi connectivity index (χ4n) is 0.177. The Labute approximate surface area is 281 Å². The van der Waals surface area contributed by atoms with Gasteiger partial charge in [-0.15, -0.1) is 6.42 Å². The second-order valence-electron chi connectivity index (χ2n) is 1.41. The largest absolute Gasteiger partial charge is 3.00 e. The van der Waals surface area contributed by atoms with Crippen LogP contribution in [0.3, 0.4) is 0 Å². The van der Waals surface area contributed by atoms with Gasteiger partial charge in [-0.05, 0) is 0 Å². The molecule has 0 bridgehead atoms. The molecule has 0 saturated carbocycles. The van der Waals surface area contributed by atoms with Gasteiger partial charge in [0, 0.05) is 196 Å². The Morgan fingerprint density at radius 1 is 0.562 bits per heavy atom. The van der Waals surface area contributed by atoms with Crippen LogP contribution in [0, 0.1) is 35.1 Å². The second-order valence-corrected chi connectivity index (χ2v) is 1.41. The van der Waals surface area contributed by atoms with Gasteiger partial charge < -0.3 is 41.5 Å². The minimum absolute atomic E-state index is 0. The summed E-state index contributed by atoms with van der Waals surface area (Å²) in [5, 5.41) is 0. The molecule has 0 aliphatic rings. The molecular weight excluding hydrogens is 730 g/mol. The molecule has 78 valence electrons. The van der Waals surface area contributed by atoms with Crippen molar-refractivity contribution in [3.8, 4) is 0 Å². The molecule has 0 aromatic heterocycles. The molecule has 0 fully saturated rings. The molecule has 7 heteroatoms. The van der Waals surface area contributed by atoms with Gasteiger partial charge in [-0.2, -0.15) is 12.8 Å². The number of hydrogen-bond donors (Lipinski definition) is 0. The minimum Gasteiger partial charge on any atom is -0.372 e. The van der Waals surface area contributed by atoms with Crippen molar-refractivity contribution in [3.05, 3.63) is 35.1 Å². The molecule has 0 aromatic rings. The fraction of sp³-hybridized carbons (Fsp3) is 0.444. The predicted octanol–water partition coefficient (Wildman–Crippen LogP) is 3.30. The number of unbranched alkanes of at least 4 members (excludes halogenated alkanes) is 2. The van der Waals surface area contributed by atoms with Gasteiger partial charge in [0.25, 0.3) is 0 Å². The van der Waals surface area contributed by atoms with E-state index in [1.165, 1.54) is 6.42 Å². The summed E-state index contributed by atoms with van der Waals surface area (Å²) in [4.78, 5) is 0. The summed E-state index contributed by atoms with van der Waals surface area (Å²) in [5.74, 6) is 0. The van der Waals surface area contributed by atoms with E-state index in [1.807, 2.05) is 0 Å². The Balaban J connectivity index is -0.00000000388. The van der Waals surface area contributed by atoms with Crippen molar-refractivity contribution >= 4 is 0 Å². The SMILES string of the molecule is [CH2-]CCC[CH2-].[CH2-]C[CH2-].[CH3-].[Y+3].[Y].[Y].[Y].[Y].[Y].[Y]. The first-order chi connectivity index (χ1) is 3.83.